The number of aromatic amines is 1. The number of carbonyl (C=O) groups excluding carboxylic acids is 2. The minimum atomic E-state index is -0.545. The molecule has 0 radical (unpaired) electrons. The lowest BCUT2D eigenvalue weighted by Crippen LogP contribution is -2.28. The van der Waals surface area contributed by atoms with Crippen LogP contribution in [0.15, 0.2) is 67.4 Å². The SMILES string of the molecule is C=CCOC(=O)C1=CN(C(=O)c2ccc(F)cc2)CCc2c1[nH]c1ccccc21. The van der Waals surface area contributed by atoms with Crippen molar-refractivity contribution in [3.63, 3.8) is 0 Å². The predicted molar refractivity (Wildman–Crippen MR) is 109 cm³/mol. The molecule has 1 N–H and O–H groups in total. The number of carbonyl (C=O) groups is 2. The number of nitrogens with one attached hydrogen (secondary N) is 1. The molecule has 6 heteroatoms. The largest absolute Gasteiger partial charge is 0.458 e. The van der Waals surface area contributed by atoms with Gasteiger partial charge in [0.25, 0.3) is 5.91 Å². The number of para-hydroxylation sites is 1. The number of ether oxygens (including phenoxy) is 1. The molecular formula is C23H19FN2O3. The first-order chi connectivity index (χ1) is 14.1. The Morgan fingerprint density at radius 1 is 1.17 bits per heavy atom. The third kappa shape index (κ3) is 3.57. The number of aromatic nitrogens is 1. The van der Waals surface area contributed by atoms with Gasteiger partial charge in [0.05, 0.1) is 11.3 Å². The van der Waals surface area contributed by atoms with Crippen LogP contribution in [0.3, 0.4) is 0 Å². The summed E-state index contributed by atoms with van der Waals surface area (Å²) in [5, 5.41) is 1.00. The normalized spacial score (nSPS) is 13.4. The molecule has 0 spiro atoms. The van der Waals surface area contributed by atoms with Gasteiger partial charge in [-0.3, -0.25) is 4.79 Å². The highest BCUT2D eigenvalue weighted by Crippen LogP contribution is 2.31. The summed E-state index contributed by atoms with van der Waals surface area (Å²) in [6.07, 6.45) is 3.56. The van der Waals surface area contributed by atoms with E-state index in [1.54, 1.807) is 0 Å². The standard InChI is InChI=1S/C23H19FN2O3/c1-2-13-29-23(28)19-14-26(22(27)15-7-9-16(24)10-8-15)12-11-18-17-5-3-4-6-20(17)25-21(18)19/h2-10,14,25H,1,11-13H2. The number of hydrogen-bond donors (Lipinski definition) is 1. The Morgan fingerprint density at radius 2 is 1.93 bits per heavy atom. The molecule has 5 nitrogen and oxygen atoms in total. The van der Waals surface area contributed by atoms with Crippen LogP contribution < -0.4 is 0 Å². The van der Waals surface area contributed by atoms with Gasteiger partial charge in [0, 0.05) is 29.2 Å². The molecule has 2 aromatic carbocycles. The fourth-order valence-electron chi connectivity index (χ4n) is 3.49. The number of nitrogens with zero attached hydrogens (tertiary/aromatic N) is 1. The van der Waals surface area contributed by atoms with Crippen molar-refractivity contribution in [2.45, 2.75) is 6.42 Å². The van der Waals surface area contributed by atoms with Crippen molar-refractivity contribution in [1.82, 2.24) is 9.88 Å². The van der Waals surface area contributed by atoms with E-state index < -0.39 is 11.8 Å². The fraction of sp³-hybridized carbons (Fsp3) is 0.130. The van der Waals surface area contributed by atoms with Gasteiger partial charge < -0.3 is 14.6 Å². The van der Waals surface area contributed by atoms with Gasteiger partial charge >= 0.3 is 5.97 Å². The summed E-state index contributed by atoms with van der Waals surface area (Å²) in [4.78, 5) is 30.5. The third-order valence-corrected chi connectivity index (χ3v) is 4.87. The van der Waals surface area contributed by atoms with Crippen molar-refractivity contribution in [3.8, 4) is 0 Å². The second kappa shape index (κ2) is 7.75. The van der Waals surface area contributed by atoms with E-state index in [1.165, 1.54) is 41.4 Å². The van der Waals surface area contributed by atoms with E-state index in [2.05, 4.69) is 11.6 Å². The number of amides is 1. The lowest BCUT2D eigenvalue weighted by molar-refractivity contribution is -0.135. The first-order valence-electron chi connectivity index (χ1n) is 9.25. The molecule has 1 aromatic heterocycles. The van der Waals surface area contributed by atoms with E-state index in [0.29, 0.717) is 24.2 Å². The van der Waals surface area contributed by atoms with Gasteiger partial charge in [-0.05, 0) is 42.3 Å². The van der Waals surface area contributed by atoms with Gasteiger partial charge in [-0.15, -0.1) is 0 Å². The molecule has 1 aliphatic heterocycles. The van der Waals surface area contributed by atoms with Crippen molar-refractivity contribution in [2.75, 3.05) is 13.2 Å². The third-order valence-electron chi connectivity index (χ3n) is 4.87. The number of benzene rings is 2. The average molecular weight is 390 g/mol. The molecular weight excluding hydrogens is 371 g/mol. The van der Waals surface area contributed by atoms with Crippen molar-refractivity contribution in [1.29, 1.82) is 0 Å². The number of H-pyrrole nitrogens is 1. The highest BCUT2D eigenvalue weighted by molar-refractivity contribution is 6.18. The first kappa shape index (κ1) is 18.7. The Labute approximate surface area is 167 Å². The molecule has 1 amide bonds. The van der Waals surface area contributed by atoms with Crippen LogP contribution in [0.2, 0.25) is 0 Å². The first-order valence-corrected chi connectivity index (χ1v) is 9.25. The summed E-state index contributed by atoms with van der Waals surface area (Å²) >= 11 is 0. The van der Waals surface area contributed by atoms with Gasteiger partial charge in [0.2, 0.25) is 0 Å². The van der Waals surface area contributed by atoms with E-state index in [4.69, 9.17) is 4.74 Å². The molecule has 29 heavy (non-hydrogen) atoms. The predicted octanol–water partition coefficient (Wildman–Crippen LogP) is 4.08. The Kier molecular flexibility index (Phi) is 4.99. The van der Waals surface area contributed by atoms with Gasteiger partial charge in [-0.25, -0.2) is 9.18 Å². The number of halogens is 1. The Balaban J connectivity index is 1.77. The minimum Gasteiger partial charge on any atom is -0.458 e. The summed E-state index contributed by atoms with van der Waals surface area (Å²) in [5.74, 6) is -1.27. The summed E-state index contributed by atoms with van der Waals surface area (Å²) in [5.41, 5.74) is 3.13. The highest BCUT2D eigenvalue weighted by atomic mass is 19.1. The summed E-state index contributed by atoms with van der Waals surface area (Å²) in [7, 11) is 0. The van der Waals surface area contributed by atoms with Crippen LogP contribution in [-0.4, -0.2) is 34.9 Å². The molecule has 2 heterocycles. The van der Waals surface area contributed by atoms with Gasteiger partial charge in [0.15, 0.2) is 0 Å². The molecule has 0 saturated carbocycles. The zero-order valence-corrected chi connectivity index (χ0v) is 15.7. The van der Waals surface area contributed by atoms with Gasteiger partial charge in [-0.1, -0.05) is 30.9 Å². The maximum atomic E-state index is 13.2. The lowest BCUT2D eigenvalue weighted by Gasteiger charge is -2.18. The second-order valence-corrected chi connectivity index (χ2v) is 6.71. The van der Waals surface area contributed by atoms with E-state index >= 15 is 0 Å². The smallest absolute Gasteiger partial charge is 0.342 e. The van der Waals surface area contributed by atoms with Crippen LogP contribution in [0.5, 0.6) is 0 Å². The van der Waals surface area contributed by atoms with Crippen molar-refractivity contribution >= 4 is 28.4 Å². The van der Waals surface area contributed by atoms with Crippen LogP contribution in [0.25, 0.3) is 16.5 Å². The Bertz CT molecular complexity index is 1130. The Morgan fingerprint density at radius 3 is 2.69 bits per heavy atom. The second-order valence-electron chi connectivity index (χ2n) is 6.71. The molecule has 0 aliphatic carbocycles. The number of hydrogen-bond acceptors (Lipinski definition) is 3. The zero-order chi connectivity index (χ0) is 20.4. The zero-order valence-electron chi connectivity index (χ0n) is 15.7. The maximum Gasteiger partial charge on any atom is 0.342 e. The van der Waals surface area contributed by atoms with Crippen molar-refractivity contribution in [2.24, 2.45) is 0 Å². The van der Waals surface area contributed by atoms with Crippen LogP contribution in [0.1, 0.15) is 21.6 Å². The summed E-state index contributed by atoms with van der Waals surface area (Å²) in [6.45, 7) is 4.01. The Hall–Kier alpha value is -3.67. The molecule has 3 aromatic rings. The van der Waals surface area contributed by atoms with Gasteiger partial charge in [0.1, 0.15) is 12.4 Å². The van der Waals surface area contributed by atoms with E-state index in [0.717, 1.165) is 16.5 Å². The van der Waals surface area contributed by atoms with Crippen molar-refractivity contribution in [3.05, 3.63) is 90.0 Å². The molecule has 1 aliphatic rings. The van der Waals surface area contributed by atoms with Gasteiger partial charge in [-0.2, -0.15) is 0 Å². The van der Waals surface area contributed by atoms with Crippen LogP contribution in [0, 0.1) is 5.82 Å². The monoisotopic (exact) mass is 390 g/mol. The molecule has 0 fully saturated rings. The quantitative estimate of drug-likeness (QED) is 0.539. The number of esters is 1. The van der Waals surface area contributed by atoms with Crippen LogP contribution >= 0.6 is 0 Å². The van der Waals surface area contributed by atoms with Crippen molar-refractivity contribution < 1.29 is 18.7 Å². The number of rotatable bonds is 4. The topological polar surface area (TPSA) is 62.4 Å². The van der Waals surface area contributed by atoms with E-state index in [-0.39, 0.29) is 18.1 Å². The average Bonchev–Trinajstić information content (AvgIpc) is 2.99. The lowest BCUT2D eigenvalue weighted by atomic mass is 10.0. The fourth-order valence-corrected chi connectivity index (χ4v) is 3.49. The highest BCUT2D eigenvalue weighted by Gasteiger charge is 2.27. The van der Waals surface area contributed by atoms with E-state index in [1.807, 2.05) is 24.3 Å². The van der Waals surface area contributed by atoms with Crippen LogP contribution in [0.4, 0.5) is 4.39 Å². The molecule has 0 saturated heterocycles. The molecule has 0 unspecified atom stereocenters. The summed E-state index contributed by atoms with van der Waals surface area (Å²) < 4.78 is 18.5. The summed E-state index contributed by atoms with van der Waals surface area (Å²) in [6, 6.07) is 13.1. The van der Waals surface area contributed by atoms with Crippen LogP contribution in [-0.2, 0) is 16.0 Å². The molecule has 0 bridgehead atoms. The maximum absolute atomic E-state index is 13.2. The number of fused-ring (bicyclic) bond motifs is 3. The molecule has 0 atom stereocenters. The van der Waals surface area contributed by atoms with E-state index in [9.17, 15) is 14.0 Å². The molecule has 146 valence electrons. The minimum absolute atomic E-state index is 0.0671. The molecule has 4 rings (SSSR count).